The Labute approximate surface area is 161 Å². The minimum absolute atomic E-state index is 0.159. The zero-order chi connectivity index (χ0) is 18.9. The molecule has 1 atom stereocenters. The van der Waals surface area contributed by atoms with E-state index in [2.05, 4.69) is 51.1 Å². The van der Waals surface area contributed by atoms with E-state index in [1.165, 1.54) is 0 Å². The minimum Gasteiger partial charge on any atom is -0.488 e. The number of rotatable bonds is 4. The van der Waals surface area contributed by atoms with E-state index in [0.717, 1.165) is 34.0 Å². The fraction of sp³-hybridized carbons (Fsp3) is 0.304. The summed E-state index contributed by atoms with van der Waals surface area (Å²) in [6, 6.07) is 22.6. The molecule has 0 bridgehead atoms. The lowest BCUT2D eigenvalue weighted by Gasteiger charge is -2.38. The summed E-state index contributed by atoms with van der Waals surface area (Å²) in [4.78, 5) is 0. The van der Waals surface area contributed by atoms with Gasteiger partial charge in [-0.25, -0.2) is 0 Å². The molecule has 3 aromatic rings. The first-order valence-corrected chi connectivity index (χ1v) is 9.53. The van der Waals surface area contributed by atoms with Crippen LogP contribution in [0.15, 0.2) is 66.7 Å². The molecule has 0 amide bonds. The van der Waals surface area contributed by atoms with Crippen LogP contribution in [-0.2, 0) is 15.9 Å². The first-order chi connectivity index (χ1) is 13.0. The van der Waals surface area contributed by atoms with Crippen molar-refractivity contribution in [3.05, 3.63) is 72.3 Å². The van der Waals surface area contributed by atoms with Gasteiger partial charge in [0, 0.05) is 11.5 Å². The van der Waals surface area contributed by atoms with Crippen LogP contribution in [0.3, 0.4) is 0 Å². The van der Waals surface area contributed by atoms with E-state index in [9.17, 15) is 0 Å². The van der Waals surface area contributed by atoms with E-state index in [4.69, 9.17) is 14.0 Å². The fourth-order valence-corrected chi connectivity index (χ4v) is 3.83. The van der Waals surface area contributed by atoms with E-state index < -0.39 is 0 Å². The van der Waals surface area contributed by atoms with Gasteiger partial charge in [0.05, 0.1) is 5.60 Å². The van der Waals surface area contributed by atoms with E-state index in [0.29, 0.717) is 6.61 Å². The van der Waals surface area contributed by atoms with Gasteiger partial charge in [0.15, 0.2) is 0 Å². The topological polar surface area (TPSA) is 27.7 Å². The van der Waals surface area contributed by atoms with Gasteiger partial charge in [-0.3, -0.25) is 0 Å². The Morgan fingerprint density at radius 2 is 1.70 bits per heavy atom. The molecule has 0 aliphatic carbocycles. The van der Waals surface area contributed by atoms with Crippen LogP contribution in [0.4, 0.5) is 0 Å². The van der Waals surface area contributed by atoms with Crippen LogP contribution in [-0.4, -0.2) is 18.8 Å². The maximum absolute atomic E-state index is 6.24. The molecular formula is C23H25BO3. The molecular weight excluding hydrogens is 335 g/mol. The number of hydrogen-bond donors (Lipinski definition) is 0. The van der Waals surface area contributed by atoms with Gasteiger partial charge >= 0.3 is 7.12 Å². The lowest BCUT2D eigenvalue weighted by atomic mass is 9.72. The molecule has 3 nitrogen and oxygen atoms in total. The number of hydrogen-bond acceptors (Lipinski definition) is 3. The summed E-state index contributed by atoms with van der Waals surface area (Å²) in [6.45, 7) is 6.90. The van der Waals surface area contributed by atoms with Crippen molar-refractivity contribution in [3.8, 4) is 5.75 Å². The Bertz CT molecular complexity index is 923. The van der Waals surface area contributed by atoms with Crippen LogP contribution in [0, 0.1) is 0 Å². The Balaban J connectivity index is 1.66. The number of benzene rings is 3. The normalized spacial score (nSPS) is 19.2. The molecule has 27 heavy (non-hydrogen) atoms. The average Bonchev–Trinajstić information content (AvgIpc) is 2.65. The quantitative estimate of drug-likeness (QED) is 0.631. The molecule has 1 heterocycles. The molecule has 0 spiro atoms. The lowest BCUT2D eigenvalue weighted by Crippen LogP contribution is -2.51. The Morgan fingerprint density at radius 3 is 2.48 bits per heavy atom. The summed E-state index contributed by atoms with van der Waals surface area (Å²) in [5.74, 6) is 0.876. The van der Waals surface area contributed by atoms with Gasteiger partial charge in [-0.05, 0) is 49.7 Å². The highest BCUT2D eigenvalue weighted by Crippen LogP contribution is 2.29. The van der Waals surface area contributed by atoms with Gasteiger partial charge < -0.3 is 14.0 Å². The second-order valence-corrected chi connectivity index (χ2v) is 7.83. The fourth-order valence-electron chi connectivity index (χ4n) is 3.83. The predicted molar refractivity (Wildman–Crippen MR) is 110 cm³/mol. The zero-order valence-corrected chi connectivity index (χ0v) is 16.1. The number of fused-ring (bicyclic) bond motifs is 1. The molecule has 0 N–H and O–H groups in total. The minimum atomic E-state index is -0.364. The zero-order valence-electron chi connectivity index (χ0n) is 16.1. The molecule has 0 saturated carbocycles. The summed E-state index contributed by atoms with van der Waals surface area (Å²) in [7, 11) is -0.364. The van der Waals surface area contributed by atoms with Crippen molar-refractivity contribution >= 4 is 23.4 Å². The van der Waals surface area contributed by atoms with E-state index in [1.54, 1.807) is 0 Å². The standard InChI is InChI=1S/C23H25BO3/c1-17-15-23(2,3)27-24(26-17)21-13-7-12-20-19(21)11-8-14-22(20)25-16-18-9-5-4-6-10-18/h4-14,17H,15-16H2,1-3H3/t17-/m1/s1. The van der Waals surface area contributed by atoms with Gasteiger partial charge in [0.1, 0.15) is 12.4 Å². The molecule has 1 fully saturated rings. The predicted octanol–water partition coefficient (Wildman–Crippen LogP) is 4.72. The largest absolute Gasteiger partial charge is 0.495 e. The van der Waals surface area contributed by atoms with Crippen LogP contribution in [0.2, 0.25) is 0 Å². The number of ether oxygens (including phenoxy) is 1. The highest BCUT2D eigenvalue weighted by atomic mass is 16.6. The van der Waals surface area contributed by atoms with Crippen LogP contribution in [0.1, 0.15) is 32.8 Å². The summed E-state index contributed by atoms with van der Waals surface area (Å²) in [6.07, 6.45) is 1.05. The van der Waals surface area contributed by atoms with Crippen LogP contribution in [0.5, 0.6) is 5.75 Å². The third-order valence-electron chi connectivity index (χ3n) is 4.97. The summed E-state index contributed by atoms with van der Waals surface area (Å²) in [5, 5.41) is 2.19. The van der Waals surface area contributed by atoms with Crippen LogP contribution >= 0.6 is 0 Å². The molecule has 3 aromatic carbocycles. The van der Waals surface area contributed by atoms with Crippen molar-refractivity contribution in [2.45, 2.75) is 45.5 Å². The van der Waals surface area contributed by atoms with Crippen LogP contribution < -0.4 is 10.2 Å². The smallest absolute Gasteiger partial charge is 0.488 e. The first kappa shape index (κ1) is 18.1. The molecule has 0 radical (unpaired) electrons. The SMILES string of the molecule is C[C@@H]1CC(C)(C)OB(c2cccc3c(OCc4ccccc4)cccc23)O1. The molecule has 1 aliphatic heterocycles. The molecule has 0 aromatic heterocycles. The Hall–Kier alpha value is -2.30. The Morgan fingerprint density at radius 1 is 0.963 bits per heavy atom. The second-order valence-electron chi connectivity index (χ2n) is 7.83. The highest BCUT2D eigenvalue weighted by Gasteiger charge is 2.38. The van der Waals surface area contributed by atoms with Crippen molar-refractivity contribution in [3.63, 3.8) is 0 Å². The van der Waals surface area contributed by atoms with Gasteiger partial charge in [-0.1, -0.05) is 60.7 Å². The molecule has 4 rings (SSSR count). The van der Waals surface area contributed by atoms with Crippen LogP contribution in [0.25, 0.3) is 10.8 Å². The molecule has 0 unspecified atom stereocenters. The third kappa shape index (κ3) is 4.02. The molecule has 138 valence electrons. The molecule has 1 saturated heterocycles. The maximum Gasteiger partial charge on any atom is 0.495 e. The van der Waals surface area contributed by atoms with Gasteiger partial charge in [0.25, 0.3) is 0 Å². The van der Waals surface area contributed by atoms with Crippen molar-refractivity contribution in [2.75, 3.05) is 0 Å². The van der Waals surface area contributed by atoms with E-state index in [-0.39, 0.29) is 18.8 Å². The molecule has 1 aliphatic rings. The lowest BCUT2D eigenvalue weighted by molar-refractivity contribution is -0.0228. The Kier molecular flexibility index (Phi) is 4.94. The first-order valence-electron chi connectivity index (χ1n) is 9.53. The van der Waals surface area contributed by atoms with Gasteiger partial charge in [-0.15, -0.1) is 0 Å². The summed E-state index contributed by atoms with van der Waals surface area (Å²) in [5.41, 5.74) is 2.00. The third-order valence-corrected chi connectivity index (χ3v) is 4.97. The maximum atomic E-state index is 6.24. The molecule has 4 heteroatoms. The summed E-state index contributed by atoms with van der Waals surface area (Å²) >= 11 is 0. The van der Waals surface area contributed by atoms with Crippen molar-refractivity contribution in [1.82, 2.24) is 0 Å². The van der Waals surface area contributed by atoms with E-state index in [1.807, 2.05) is 36.4 Å². The van der Waals surface area contributed by atoms with Crippen molar-refractivity contribution < 1.29 is 14.0 Å². The van der Waals surface area contributed by atoms with Gasteiger partial charge in [0.2, 0.25) is 0 Å². The monoisotopic (exact) mass is 360 g/mol. The average molecular weight is 360 g/mol. The summed E-state index contributed by atoms with van der Waals surface area (Å²) < 4.78 is 18.5. The van der Waals surface area contributed by atoms with Gasteiger partial charge in [-0.2, -0.15) is 0 Å². The van der Waals surface area contributed by atoms with Crippen molar-refractivity contribution in [2.24, 2.45) is 0 Å². The second kappa shape index (κ2) is 7.38. The highest BCUT2D eigenvalue weighted by molar-refractivity contribution is 6.64. The van der Waals surface area contributed by atoms with E-state index >= 15 is 0 Å². The van der Waals surface area contributed by atoms with Crippen molar-refractivity contribution in [1.29, 1.82) is 0 Å².